The molecule has 0 bridgehead atoms. The van der Waals surface area contributed by atoms with Crippen LogP contribution in [0.5, 0.6) is 0 Å². The van der Waals surface area contributed by atoms with Crippen LogP contribution in [0.2, 0.25) is 5.28 Å². The first-order valence-corrected chi connectivity index (χ1v) is 7.99. The van der Waals surface area contributed by atoms with Crippen molar-refractivity contribution >= 4 is 55.5 Å². The fraction of sp³-hybridized carbons (Fsp3) is 0.286. The highest BCUT2D eigenvalue weighted by Gasteiger charge is 2.20. The highest BCUT2D eigenvalue weighted by molar-refractivity contribution is 7.25. The second-order valence-electron chi connectivity index (χ2n) is 4.93. The van der Waals surface area contributed by atoms with Gasteiger partial charge in [0.05, 0.1) is 23.4 Å². The number of hydrogen-bond acceptors (Lipinski definition) is 7. The summed E-state index contributed by atoms with van der Waals surface area (Å²) in [6, 6.07) is 1.79. The molecule has 4 heterocycles. The Morgan fingerprint density at radius 3 is 2.91 bits per heavy atom. The summed E-state index contributed by atoms with van der Waals surface area (Å²) in [6.45, 7) is 2.87. The summed E-state index contributed by atoms with van der Waals surface area (Å²) in [5, 5.41) is 1.04. The van der Waals surface area contributed by atoms with E-state index in [4.69, 9.17) is 16.3 Å². The first kappa shape index (κ1) is 13.8. The van der Waals surface area contributed by atoms with Crippen molar-refractivity contribution in [1.82, 2.24) is 15.0 Å². The number of aromatic nitrogens is 3. The van der Waals surface area contributed by atoms with Crippen molar-refractivity contribution < 1.29 is 9.53 Å². The topological polar surface area (TPSA) is 68.2 Å². The normalized spacial score (nSPS) is 15.6. The van der Waals surface area contributed by atoms with E-state index in [2.05, 4.69) is 19.9 Å². The lowest BCUT2D eigenvalue weighted by Crippen LogP contribution is -2.36. The molecule has 3 aromatic heterocycles. The molecule has 1 aliphatic heterocycles. The molecule has 0 amide bonds. The van der Waals surface area contributed by atoms with E-state index in [1.54, 1.807) is 12.3 Å². The minimum atomic E-state index is 0.199. The molecule has 0 aliphatic carbocycles. The van der Waals surface area contributed by atoms with Crippen molar-refractivity contribution in [2.24, 2.45) is 0 Å². The number of carbonyl (C=O) groups is 1. The van der Waals surface area contributed by atoms with Crippen LogP contribution in [-0.2, 0) is 4.74 Å². The molecule has 0 spiro atoms. The number of rotatable bonds is 2. The van der Waals surface area contributed by atoms with Crippen molar-refractivity contribution in [3.63, 3.8) is 0 Å². The van der Waals surface area contributed by atoms with E-state index in [0.717, 1.165) is 45.6 Å². The lowest BCUT2D eigenvalue weighted by molar-refractivity contribution is 0.112. The number of pyridine rings is 1. The Morgan fingerprint density at radius 1 is 1.32 bits per heavy atom. The summed E-state index contributed by atoms with van der Waals surface area (Å²) >= 11 is 7.63. The molecule has 3 aromatic rings. The van der Waals surface area contributed by atoms with Crippen LogP contribution in [-0.4, -0.2) is 47.5 Å². The molecule has 0 atom stereocenters. The molecule has 0 N–H and O–H groups in total. The maximum atomic E-state index is 11.0. The molecule has 0 aromatic carbocycles. The Hall–Kier alpha value is -1.83. The molecule has 0 saturated carbocycles. The molecular weight excluding hydrogens is 324 g/mol. The van der Waals surface area contributed by atoms with Gasteiger partial charge < -0.3 is 9.64 Å². The number of aldehydes is 1. The highest BCUT2D eigenvalue weighted by Crippen LogP contribution is 2.37. The average molecular weight is 335 g/mol. The third-order valence-electron chi connectivity index (χ3n) is 3.59. The van der Waals surface area contributed by atoms with Gasteiger partial charge in [-0.15, -0.1) is 11.3 Å². The van der Waals surface area contributed by atoms with Crippen LogP contribution in [0.15, 0.2) is 12.3 Å². The van der Waals surface area contributed by atoms with E-state index >= 15 is 0 Å². The minimum absolute atomic E-state index is 0.199. The lowest BCUT2D eigenvalue weighted by atomic mass is 10.2. The molecule has 22 heavy (non-hydrogen) atoms. The van der Waals surface area contributed by atoms with Gasteiger partial charge in [0.1, 0.15) is 4.83 Å². The number of thiophene rings is 1. The first-order chi connectivity index (χ1) is 10.8. The van der Waals surface area contributed by atoms with Gasteiger partial charge in [0.15, 0.2) is 12.1 Å². The number of nitrogens with zero attached hydrogens (tertiary/aromatic N) is 4. The molecule has 112 valence electrons. The fourth-order valence-corrected chi connectivity index (χ4v) is 3.81. The van der Waals surface area contributed by atoms with Crippen LogP contribution in [0.25, 0.3) is 20.4 Å². The Kier molecular flexibility index (Phi) is 3.40. The lowest BCUT2D eigenvalue weighted by Gasteiger charge is -2.28. The van der Waals surface area contributed by atoms with Gasteiger partial charge in [-0.3, -0.25) is 4.79 Å². The molecule has 0 radical (unpaired) electrons. The van der Waals surface area contributed by atoms with Crippen LogP contribution in [0.3, 0.4) is 0 Å². The van der Waals surface area contributed by atoms with E-state index in [1.807, 2.05) is 0 Å². The minimum Gasteiger partial charge on any atom is -0.378 e. The molecule has 1 saturated heterocycles. The maximum absolute atomic E-state index is 11.0. The zero-order chi connectivity index (χ0) is 15.1. The van der Waals surface area contributed by atoms with Gasteiger partial charge in [-0.05, 0) is 17.7 Å². The van der Waals surface area contributed by atoms with Crippen molar-refractivity contribution in [1.29, 1.82) is 0 Å². The Balaban J connectivity index is 1.98. The third-order valence-corrected chi connectivity index (χ3v) is 4.86. The zero-order valence-electron chi connectivity index (χ0n) is 11.5. The summed E-state index contributed by atoms with van der Waals surface area (Å²) in [4.78, 5) is 27.0. The van der Waals surface area contributed by atoms with E-state index in [1.165, 1.54) is 11.3 Å². The summed E-state index contributed by atoms with van der Waals surface area (Å²) in [6.07, 6.45) is 2.34. The second-order valence-corrected chi connectivity index (χ2v) is 6.27. The molecule has 1 aliphatic rings. The van der Waals surface area contributed by atoms with Gasteiger partial charge in [0.2, 0.25) is 5.28 Å². The molecule has 4 rings (SSSR count). The van der Waals surface area contributed by atoms with Crippen LogP contribution >= 0.6 is 22.9 Å². The molecule has 8 heteroatoms. The smallest absolute Gasteiger partial charge is 0.224 e. The van der Waals surface area contributed by atoms with E-state index < -0.39 is 0 Å². The van der Waals surface area contributed by atoms with Gasteiger partial charge in [-0.1, -0.05) is 0 Å². The third kappa shape index (κ3) is 2.22. The van der Waals surface area contributed by atoms with Gasteiger partial charge in [0, 0.05) is 30.2 Å². The molecule has 6 nitrogen and oxygen atoms in total. The molecule has 1 fully saturated rings. The van der Waals surface area contributed by atoms with E-state index in [0.29, 0.717) is 18.8 Å². The number of carbonyl (C=O) groups excluding carboxylic acids is 1. The molecular formula is C14H11ClN4O2S. The van der Waals surface area contributed by atoms with Gasteiger partial charge in [-0.25, -0.2) is 9.97 Å². The predicted molar refractivity (Wildman–Crippen MR) is 86.1 cm³/mol. The van der Waals surface area contributed by atoms with Gasteiger partial charge >= 0.3 is 0 Å². The fourth-order valence-electron chi connectivity index (χ4n) is 2.56. The summed E-state index contributed by atoms with van der Waals surface area (Å²) < 4.78 is 6.33. The average Bonchev–Trinajstić information content (AvgIpc) is 2.92. The van der Waals surface area contributed by atoms with Crippen LogP contribution in [0.4, 0.5) is 5.82 Å². The van der Waals surface area contributed by atoms with Gasteiger partial charge in [-0.2, -0.15) is 4.98 Å². The standard InChI is InChI=1S/C14H11ClN4O2S/c15-14-17-10-9-5-8(7-20)6-16-13(9)22-11(10)12(18-14)19-1-3-21-4-2-19/h5-7H,1-4H2. The quantitative estimate of drug-likeness (QED) is 0.530. The highest BCUT2D eigenvalue weighted by atomic mass is 35.5. The number of ether oxygens (including phenoxy) is 1. The Bertz CT molecular complexity index is 876. The number of fused-ring (bicyclic) bond motifs is 3. The van der Waals surface area contributed by atoms with Crippen molar-refractivity contribution in [2.75, 3.05) is 31.2 Å². The van der Waals surface area contributed by atoms with E-state index in [9.17, 15) is 4.79 Å². The predicted octanol–water partition coefficient (Wildman–Crippen LogP) is 2.54. The first-order valence-electron chi connectivity index (χ1n) is 6.80. The van der Waals surface area contributed by atoms with Gasteiger partial charge in [0.25, 0.3) is 0 Å². The number of halogens is 1. The summed E-state index contributed by atoms with van der Waals surface area (Å²) in [5.41, 5.74) is 1.27. The Labute approximate surface area is 134 Å². The maximum Gasteiger partial charge on any atom is 0.224 e. The summed E-state index contributed by atoms with van der Waals surface area (Å²) in [7, 11) is 0. The zero-order valence-corrected chi connectivity index (χ0v) is 13.0. The van der Waals surface area contributed by atoms with Crippen molar-refractivity contribution in [3.05, 3.63) is 23.1 Å². The SMILES string of the molecule is O=Cc1cnc2sc3c(N4CCOCC4)nc(Cl)nc3c2c1. The molecule has 0 unspecified atom stereocenters. The second kappa shape index (κ2) is 5.42. The van der Waals surface area contributed by atoms with Crippen molar-refractivity contribution in [2.45, 2.75) is 0 Å². The van der Waals surface area contributed by atoms with E-state index in [-0.39, 0.29) is 5.28 Å². The van der Waals surface area contributed by atoms with Crippen molar-refractivity contribution in [3.8, 4) is 0 Å². The largest absolute Gasteiger partial charge is 0.378 e. The van der Waals surface area contributed by atoms with Crippen LogP contribution in [0.1, 0.15) is 10.4 Å². The van der Waals surface area contributed by atoms with Crippen LogP contribution < -0.4 is 4.90 Å². The van der Waals surface area contributed by atoms with Crippen LogP contribution in [0, 0.1) is 0 Å². The number of hydrogen-bond donors (Lipinski definition) is 0. The number of anilines is 1. The monoisotopic (exact) mass is 334 g/mol. The Morgan fingerprint density at radius 2 is 2.14 bits per heavy atom. The number of morpholine rings is 1. The summed E-state index contributed by atoms with van der Waals surface area (Å²) in [5.74, 6) is 0.814.